The molecule has 0 aliphatic heterocycles. The summed E-state index contributed by atoms with van der Waals surface area (Å²) in [4.78, 5) is 1.97. The van der Waals surface area contributed by atoms with Crippen molar-refractivity contribution in [3.63, 3.8) is 0 Å². The second-order valence-electron chi connectivity index (χ2n) is 4.79. The molecule has 10 heteroatoms. The number of thiophene rings is 2. The van der Waals surface area contributed by atoms with E-state index in [9.17, 15) is 0 Å². The van der Waals surface area contributed by atoms with Gasteiger partial charge in [0.1, 0.15) is 0 Å². The number of aromatic nitrogens is 4. The van der Waals surface area contributed by atoms with Crippen LogP contribution in [-0.4, -0.2) is 31.9 Å². The molecule has 0 aliphatic carbocycles. The zero-order valence-corrected chi connectivity index (χ0v) is 16.5. The largest absolute Gasteiger partial charge is 0.410 e. The summed E-state index contributed by atoms with van der Waals surface area (Å²) in [6.45, 7) is 0. The fourth-order valence-corrected chi connectivity index (χ4v) is 4.42. The van der Waals surface area contributed by atoms with Crippen LogP contribution in [0.3, 0.4) is 0 Å². The molecule has 0 atom stereocenters. The topological polar surface area (TPSA) is 77.8 Å². The van der Waals surface area contributed by atoms with Crippen molar-refractivity contribution in [1.29, 1.82) is 0 Å². The summed E-state index contributed by atoms with van der Waals surface area (Å²) in [5.74, 6) is 2.66. The average molecular weight is 421 g/mol. The standard InChI is InChI=1S/C16H12N4O2S4/c1(7-25-15-19-17-13(21-15)11-5-3-9-23-11)2-8-26-16-20-18-14(22-16)12-6-4-10-24-12/h1-6,9-10H,7-8H2/b2-1+. The molecule has 0 bridgehead atoms. The van der Waals surface area contributed by atoms with E-state index in [0.717, 1.165) is 21.3 Å². The fraction of sp³-hybridized carbons (Fsp3) is 0.125. The Bertz CT molecular complexity index is 882. The molecule has 0 aliphatic rings. The zero-order chi connectivity index (χ0) is 17.6. The van der Waals surface area contributed by atoms with E-state index < -0.39 is 0 Å². The molecule has 0 spiro atoms. The first-order valence-electron chi connectivity index (χ1n) is 7.54. The third kappa shape index (κ3) is 4.44. The zero-order valence-electron chi connectivity index (χ0n) is 13.3. The van der Waals surface area contributed by atoms with Crippen molar-refractivity contribution in [1.82, 2.24) is 20.4 Å². The Labute approximate surface area is 165 Å². The first-order valence-corrected chi connectivity index (χ1v) is 11.3. The molecule has 0 N–H and O–H groups in total. The summed E-state index contributed by atoms with van der Waals surface area (Å²) >= 11 is 6.17. The molecule has 0 saturated carbocycles. The number of thioether (sulfide) groups is 2. The summed E-state index contributed by atoms with van der Waals surface area (Å²) < 4.78 is 11.2. The van der Waals surface area contributed by atoms with Crippen LogP contribution in [0.4, 0.5) is 0 Å². The predicted molar refractivity (Wildman–Crippen MR) is 106 cm³/mol. The molecule has 0 fully saturated rings. The van der Waals surface area contributed by atoms with E-state index in [1.54, 1.807) is 22.7 Å². The van der Waals surface area contributed by atoms with Crippen LogP contribution in [-0.2, 0) is 0 Å². The van der Waals surface area contributed by atoms with Gasteiger partial charge in [-0.25, -0.2) is 0 Å². The van der Waals surface area contributed by atoms with Crippen molar-refractivity contribution in [2.45, 2.75) is 10.4 Å². The summed E-state index contributed by atoms with van der Waals surface area (Å²) in [6.07, 6.45) is 4.12. The van der Waals surface area contributed by atoms with E-state index in [1.165, 1.54) is 23.5 Å². The Kier molecular flexibility index (Phi) is 5.85. The minimum absolute atomic E-state index is 0.569. The van der Waals surface area contributed by atoms with Crippen molar-refractivity contribution in [2.24, 2.45) is 0 Å². The Morgan fingerprint density at radius 1 is 0.769 bits per heavy atom. The molecule has 4 rings (SSSR count). The molecule has 4 aromatic rings. The summed E-state index contributed by atoms with van der Waals surface area (Å²) in [5.41, 5.74) is 0. The van der Waals surface area contributed by atoms with Gasteiger partial charge in [-0.05, 0) is 22.9 Å². The third-order valence-corrected chi connectivity index (χ3v) is 6.31. The van der Waals surface area contributed by atoms with Gasteiger partial charge in [-0.15, -0.1) is 43.1 Å². The molecule has 0 amide bonds. The second-order valence-corrected chi connectivity index (χ2v) is 8.63. The highest BCUT2D eigenvalue weighted by molar-refractivity contribution is 7.99. The summed E-state index contributed by atoms with van der Waals surface area (Å²) in [5, 5.41) is 21.3. The fourth-order valence-electron chi connectivity index (χ4n) is 1.91. The van der Waals surface area contributed by atoms with Gasteiger partial charge in [-0.3, -0.25) is 0 Å². The number of hydrogen-bond donors (Lipinski definition) is 0. The monoisotopic (exact) mass is 420 g/mol. The molecular formula is C16H12N4O2S4. The SMILES string of the molecule is C(=C\CSc1nnc(-c2cccs2)o1)/CSc1nnc(-c2cccs2)o1. The van der Waals surface area contributed by atoms with Crippen molar-refractivity contribution in [3.05, 3.63) is 47.2 Å². The van der Waals surface area contributed by atoms with Gasteiger partial charge in [0.05, 0.1) is 9.75 Å². The van der Waals surface area contributed by atoms with Gasteiger partial charge in [0.2, 0.25) is 0 Å². The van der Waals surface area contributed by atoms with E-state index >= 15 is 0 Å². The Morgan fingerprint density at radius 2 is 1.27 bits per heavy atom. The van der Waals surface area contributed by atoms with Crippen LogP contribution in [0.15, 0.2) is 66.5 Å². The van der Waals surface area contributed by atoms with Gasteiger partial charge >= 0.3 is 0 Å². The highest BCUT2D eigenvalue weighted by atomic mass is 32.2. The van der Waals surface area contributed by atoms with Gasteiger partial charge < -0.3 is 8.83 Å². The molecule has 26 heavy (non-hydrogen) atoms. The first-order chi connectivity index (χ1) is 12.9. The van der Waals surface area contributed by atoms with E-state index in [1.807, 2.05) is 35.0 Å². The van der Waals surface area contributed by atoms with Crippen molar-refractivity contribution >= 4 is 46.2 Å². The molecule has 0 unspecified atom stereocenters. The first kappa shape index (κ1) is 17.5. The van der Waals surface area contributed by atoms with Crippen molar-refractivity contribution in [3.8, 4) is 21.5 Å². The van der Waals surface area contributed by atoms with E-state index in [-0.39, 0.29) is 0 Å². The van der Waals surface area contributed by atoms with Crippen molar-refractivity contribution < 1.29 is 8.83 Å². The van der Waals surface area contributed by atoms with Gasteiger partial charge in [-0.2, -0.15) is 0 Å². The van der Waals surface area contributed by atoms with Crippen LogP contribution in [0.1, 0.15) is 0 Å². The lowest BCUT2D eigenvalue weighted by molar-refractivity contribution is 0.467. The number of nitrogens with zero attached hydrogens (tertiary/aromatic N) is 4. The third-order valence-electron chi connectivity index (χ3n) is 3.05. The van der Waals surface area contributed by atoms with E-state index in [2.05, 4.69) is 32.5 Å². The lowest BCUT2D eigenvalue weighted by Crippen LogP contribution is -1.77. The molecule has 132 valence electrons. The van der Waals surface area contributed by atoms with E-state index in [4.69, 9.17) is 8.83 Å². The predicted octanol–water partition coefficient (Wildman–Crippen LogP) is 5.35. The van der Waals surface area contributed by atoms with Gasteiger partial charge in [0.25, 0.3) is 22.2 Å². The van der Waals surface area contributed by atoms with Crippen LogP contribution < -0.4 is 0 Å². The smallest absolute Gasteiger partial charge is 0.277 e. The maximum atomic E-state index is 5.62. The minimum atomic E-state index is 0.569. The Hall–Kier alpha value is -1.88. The Balaban J connectivity index is 1.20. The lowest BCUT2D eigenvalue weighted by Gasteiger charge is -1.91. The molecule has 0 saturated heterocycles. The quantitative estimate of drug-likeness (QED) is 0.279. The molecule has 6 nitrogen and oxygen atoms in total. The van der Waals surface area contributed by atoms with Crippen LogP contribution >= 0.6 is 46.2 Å². The maximum Gasteiger partial charge on any atom is 0.277 e. The highest BCUT2D eigenvalue weighted by Crippen LogP contribution is 2.27. The van der Waals surface area contributed by atoms with Gasteiger partial charge in [0.15, 0.2) is 0 Å². The second kappa shape index (κ2) is 8.67. The van der Waals surface area contributed by atoms with Crippen molar-refractivity contribution in [2.75, 3.05) is 11.5 Å². The van der Waals surface area contributed by atoms with Gasteiger partial charge in [0, 0.05) is 11.5 Å². The maximum absolute atomic E-state index is 5.62. The summed E-state index contributed by atoms with van der Waals surface area (Å²) in [6, 6.07) is 7.85. The lowest BCUT2D eigenvalue weighted by atomic mass is 10.5. The van der Waals surface area contributed by atoms with Gasteiger partial charge in [-0.1, -0.05) is 47.8 Å². The molecule has 4 aromatic heterocycles. The number of rotatable bonds is 8. The molecular weight excluding hydrogens is 408 g/mol. The van der Waals surface area contributed by atoms with Crippen LogP contribution in [0.5, 0.6) is 0 Å². The molecule has 0 radical (unpaired) electrons. The minimum Gasteiger partial charge on any atom is -0.410 e. The highest BCUT2D eigenvalue weighted by Gasteiger charge is 2.10. The molecule has 4 heterocycles. The average Bonchev–Trinajstić information content (AvgIpc) is 3.45. The van der Waals surface area contributed by atoms with E-state index in [0.29, 0.717) is 22.2 Å². The van der Waals surface area contributed by atoms with Crippen LogP contribution in [0, 0.1) is 0 Å². The van der Waals surface area contributed by atoms with Crippen LogP contribution in [0.2, 0.25) is 0 Å². The number of hydrogen-bond acceptors (Lipinski definition) is 10. The Morgan fingerprint density at radius 3 is 1.69 bits per heavy atom. The normalized spacial score (nSPS) is 11.5. The summed E-state index contributed by atoms with van der Waals surface area (Å²) in [7, 11) is 0. The molecule has 0 aromatic carbocycles. The van der Waals surface area contributed by atoms with Crippen LogP contribution in [0.25, 0.3) is 21.5 Å².